The fraction of sp³-hybridized carbons (Fsp3) is 0.824. The normalized spacial score (nSPS) is 14.2. The molecule has 0 saturated carbocycles. The lowest BCUT2D eigenvalue weighted by molar-refractivity contribution is 0.480. The molecule has 0 unspecified atom stereocenters. The summed E-state index contributed by atoms with van der Waals surface area (Å²) in [4.78, 5) is 16.5. The number of hydrogen-bond donors (Lipinski definition) is 2. The first kappa shape index (κ1) is 22.0. The standard InChI is InChI=1S/C17H32N6O.HI/c1-4-14(5-2)13-20-16(18-3)19-10-8-12-23-17(24)22-11-7-6-9-15(22)21-23;/h14H,4-13H2,1-3H3,(H2,18,19,20);1H. The predicted molar refractivity (Wildman–Crippen MR) is 113 cm³/mol. The Balaban J connectivity index is 0.00000312. The molecule has 0 bridgehead atoms. The molecule has 8 heteroatoms. The molecule has 144 valence electrons. The minimum absolute atomic E-state index is 0. The van der Waals surface area contributed by atoms with Gasteiger partial charge in [-0.05, 0) is 25.2 Å². The Hall–Kier alpha value is -1.06. The van der Waals surface area contributed by atoms with Gasteiger partial charge in [-0.3, -0.25) is 9.56 Å². The van der Waals surface area contributed by atoms with E-state index in [-0.39, 0.29) is 29.7 Å². The monoisotopic (exact) mass is 464 g/mol. The van der Waals surface area contributed by atoms with E-state index in [4.69, 9.17) is 0 Å². The second-order valence-electron chi connectivity index (χ2n) is 6.45. The summed E-state index contributed by atoms with van der Waals surface area (Å²) in [6.45, 7) is 7.62. The zero-order valence-electron chi connectivity index (χ0n) is 15.8. The maximum Gasteiger partial charge on any atom is 0.345 e. The highest BCUT2D eigenvalue weighted by Crippen LogP contribution is 2.09. The van der Waals surface area contributed by atoms with Crippen LogP contribution in [0.15, 0.2) is 9.79 Å². The zero-order valence-corrected chi connectivity index (χ0v) is 18.1. The number of rotatable bonds is 8. The highest BCUT2D eigenvalue weighted by atomic mass is 127. The van der Waals surface area contributed by atoms with Crippen LogP contribution in [0.4, 0.5) is 0 Å². The van der Waals surface area contributed by atoms with E-state index in [9.17, 15) is 4.79 Å². The number of guanidine groups is 1. The summed E-state index contributed by atoms with van der Waals surface area (Å²) < 4.78 is 3.44. The van der Waals surface area contributed by atoms with Gasteiger partial charge < -0.3 is 10.6 Å². The molecule has 25 heavy (non-hydrogen) atoms. The SMILES string of the molecule is CCC(CC)CNC(=NC)NCCCn1nc2n(c1=O)CCCC2.I. The van der Waals surface area contributed by atoms with Gasteiger partial charge in [0.25, 0.3) is 0 Å². The van der Waals surface area contributed by atoms with E-state index in [1.165, 1.54) is 12.8 Å². The van der Waals surface area contributed by atoms with Gasteiger partial charge >= 0.3 is 5.69 Å². The van der Waals surface area contributed by atoms with Gasteiger partial charge in [0.1, 0.15) is 5.82 Å². The third kappa shape index (κ3) is 6.31. The molecule has 2 rings (SSSR count). The third-order valence-corrected chi connectivity index (χ3v) is 4.81. The summed E-state index contributed by atoms with van der Waals surface area (Å²) in [6.07, 6.45) is 6.34. The first-order valence-electron chi connectivity index (χ1n) is 9.30. The molecular weight excluding hydrogens is 431 g/mol. The van der Waals surface area contributed by atoms with Crippen LogP contribution in [-0.2, 0) is 19.5 Å². The average molecular weight is 464 g/mol. The van der Waals surface area contributed by atoms with Gasteiger partial charge in [0.05, 0.1) is 0 Å². The van der Waals surface area contributed by atoms with Crippen LogP contribution >= 0.6 is 24.0 Å². The van der Waals surface area contributed by atoms with Crippen LogP contribution in [0.2, 0.25) is 0 Å². The summed E-state index contributed by atoms with van der Waals surface area (Å²) in [7, 11) is 1.79. The molecular formula is C17H33IN6O. The van der Waals surface area contributed by atoms with Crippen molar-refractivity contribution < 1.29 is 0 Å². The molecule has 0 fully saturated rings. The van der Waals surface area contributed by atoms with Crippen molar-refractivity contribution >= 4 is 29.9 Å². The van der Waals surface area contributed by atoms with Gasteiger partial charge in [0.2, 0.25) is 0 Å². The van der Waals surface area contributed by atoms with E-state index >= 15 is 0 Å². The molecule has 1 aliphatic heterocycles. The summed E-state index contributed by atoms with van der Waals surface area (Å²) in [5.41, 5.74) is 0.0425. The van der Waals surface area contributed by atoms with Crippen LogP contribution < -0.4 is 16.3 Å². The number of aryl methyl sites for hydroxylation is 2. The summed E-state index contributed by atoms with van der Waals surface area (Å²) in [5, 5.41) is 11.1. The van der Waals surface area contributed by atoms with Crippen molar-refractivity contribution in [2.75, 3.05) is 20.1 Å². The second-order valence-corrected chi connectivity index (χ2v) is 6.45. The lowest BCUT2D eigenvalue weighted by Crippen LogP contribution is -2.40. The third-order valence-electron chi connectivity index (χ3n) is 4.81. The highest BCUT2D eigenvalue weighted by molar-refractivity contribution is 14.0. The summed E-state index contributed by atoms with van der Waals surface area (Å²) in [5.74, 6) is 2.46. The number of halogens is 1. The van der Waals surface area contributed by atoms with Crippen molar-refractivity contribution in [3.05, 3.63) is 16.3 Å². The molecule has 7 nitrogen and oxygen atoms in total. The fourth-order valence-electron chi connectivity index (χ4n) is 3.07. The number of fused-ring (bicyclic) bond motifs is 1. The Kier molecular flexibility index (Phi) is 10.1. The quantitative estimate of drug-likeness (QED) is 0.267. The largest absolute Gasteiger partial charge is 0.356 e. The van der Waals surface area contributed by atoms with Crippen molar-refractivity contribution in [3.63, 3.8) is 0 Å². The Morgan fingerprint density at radius 3 is 2.68 bits per heavy atom. The molecule has 0 saturated heterocycles. The van der Waals surface area contributed by atoms with Gasteiger partial charge in [0.15, 0.2) is 5.96 Å². The lowest BCUT2D eigenvalue weighted by Gasteiger charge is -2.16. The van der Waals surface area contributed by atoms with Crippen LogP contribution in [-0.4, -0.2) is 40.4 Å². The molecule has 0 aromatic carbocycles. The van der Waals surface area contributed by atoms with Crippen LogP contribution in [0.3, 0.4) is 0 Å². The van der Waals surface area contributed by atoms with E-state index in [1.807, 2.05) is 4.57 Å². The maximum atomic E-state index is 12.2. The fourth-order valence-corrected chi connectivity index (χ4v) is 3.07. The first-order valence-corrected chi connectivity index (χ1v) is 9.30. The number of aliphatic imine (C=N–C) groups is 1. The van der Waals surface area contributed by atoms with E-state index in [0.29, 0.717) is 12.5 Å². The number of hydrogen-bond acceptors (Lipinski definition) is 3. The van der Waals surface area contributed by atoms with Crippen LogP contribution in [0, 0.1) is 5.92 Å². The molecule has 1 aromatic rings. The minimum Gasteiger partial charge on any atom is -0.356 e. The predicted octanol–water partition coefficient (Wildman–Crippen LogP) is 1.99. The van der Waals surface area contributed by atoms with E-state index in [1.54, 1.807) is 11.7 Å². The Bertz CT molecular complexity index is 590. The highest BCUT2D eigenvalue weighted by Gasteiger charge is 2.16. The van der Waals surface area contributed by atoms with Crippen LogP contribution in [0.5, 0.6) is 0 Å². The van der Waals surface area contributed by atoms with Gasteiger partial charge in [0, 0.05) is 39.6 Å². The van der Waals surface area contributed by atoms with Gasteiger partial charge in [-0.2, -0.15) is 5.10 Å². The molecule has 2 N–H and O–H groups in total. The Morgan fingerprint density at radius 2 is 2.04 bits per heavy atom. The summed E-state index contributed by atoms with van der Waals surface area (Å²) >= 11 is 0. The van der Waals surface area contributed by atoms with Gasteiger partial charge in [-0.1, -0.05) is 26.7 Å². The van der Waals surface area contributed by atoms with Gasteiger partial charge in [-0.25, -0.2) is 9.48 Å². The molecule has 0 atom stereocenters. The first-order chi connectivity index (χ1) is 11.7. The maximum absolute atomic E-state index is 12.2. The Labute approximate surface area is 167 Å². The summed E-state index contributed by atoms with van der Waals surface area (Å²) in [6, 6.07) is 0. The van der Waals surface area contributed by atoms with Crippen molar-refractivity contribution in [2.45, 2.75) is 65.5 Å². The lowest BCUT2D eigenvalue weighted by atomic mass is 10.0. The molecule has 0 amide bonds. The molecule has 2 heterocycles. The van der Waals surface area contributed by atoms with E-state index < -0.39 is 0 Å². The van der Waals surface area contributed by atoms with Crippen molar-refractivity contribution in [1.82, 2.24) is 25.0 Å². The molecule has 0 radical (unpaired) electrons. The topological polar surface area (TPSA) is 76.2 Å². The molecule has 1 aromatic heterocycles. The second kappa shape index (κ2) is 11.5. The number of nitrogens with one attached hydrogen (secondary N) is 2. The minimum atomic E-state index is 0. The van der Waals surface area contributed by atoms with E-state index in [0.717, 1.165) is 57.1 Å². The van der Waals surface area contributed by atoms with Crippen LogP contribution in [0.25, 0.3) is 0 Å². The van der Waals surface area contributed by atoms with Gasteiger partial charge in [-0.15, -0.1) is 24.0 Å². The molecule has 1 aliphatic rings. The Morgan fingerprint density at radius 1 is 1.28 bits per heavy atom. The van der Waals surface area contributed by atoms with E-state index in [2.05, 4.69) is 34.6 Å². The number of nitrogens with zero attached hydrogens (tertiary/aromatic N) is 4. The van der Waals surface area contributed by atoms with Crippen molar-refractivity contribution in [2.24, 2.45) is 10.9 Å². The number of aromatic nitrogens is 3. The van der Waals surface area contributed by atoms with Crippen LogP contribution in [0.1, 0.15) is 51.8 Å². The smallest absolute Gasteiger partial charge is 0.345 e. The molecule has 0 spiro atoms. The molecule has 0 aliphatic carbocycles. The zero-order chi connectivity index (χ0) is 17.4. The van der Waals surface area contributed by atoms with Crippen molar-refractivity contribution in [1.29, 1.82) is 0 Å². The average Bonchev–Trinajstić information content (AvgIpc) is 2.94. The van der Waals surface area contributed by atoms with Crippen molar-refractivity contribution in [3.8, 4) is 0 Å².